The fourth-order valence-electron chi connectivity index (χ4n) is 2.60. The van der Waals surface area contributed by atoms with E-state index in [2.05, 4.69) is 14.8 Å². The summed E-state index contributed by atoms with van der Waals surface area (Å²) >= 11 is 0. The Bertz CT molecular complexity index is 1070. The molecular weight excluding hydrogens is 412 g/mol. The van der Waals surface area contributed by atoms with E-state index in [9.17, 15) is 23.1 Å². The standard InChI is InChI=1S/C20H24N2O7S/c1-20(2,3)22-30(26,27)16-11-12(9-10-15(16)28-4)18(24)21-14-8-6-7-13(17(14)23)19(25)29-5/h6-11,22-23H,1-5H3,(H,21,24). The van der Waals surface area contributed by atoms with Gasteiger partial charge in [-0.3, -0.25) is 4.79 Å². The number of rotatable bonds is 6. The Morgan fingerprint density at radius 3 is 2.30 bits per heavy atom. The summed E-state index contributed by atoms with van der Waals surface area (Å²) in [5.41, 5.74) is -0.894. The van der Waals surface area contributed by atoms with Gasteiger partial charge < -0.3 is 19.9 Å². The average Bonchev–Trinajstić information content (AvgIpc) is 2.66. The van der Waals surface area contributed by atoms with Crippen molar-refractivity contribution in [3.05, 3.63) is 47.5 Å². The van der Waals surface area contributed by atoms with Gasteiger partial charge in [0.05, 0.1) is 19.9 Å². The second-order valence-electron chi connectivity index (χ2n) is 7.37. The topological polar surface area (TPSA) is 131 Å². The highest BCUT2D eigenvalue weighted by atomic mass is 32.2. The number of hydrogen-bond donors (Lipinski definition) is 3. The number of phenols is 1. The van der Waals surface area contributed by atoms with E-state index in [4.69, 9.17) is 4.74 Å². The number of carbonyl (C=O) groups is 2. The lowest BCUT2D eigenvalue weighted by Gasteiger charge is -2.21. The van der Waals surface area contributed by atoms with Crippen LogP contribution in [0.25, 0.3) is 0 Å². The van der Waals surface area contributed by atoms with Crippen LogP contribution < -0.4 is 14.8 Å². The third-order valence-electron chi connectivity index (χ3n) is 3.85. The van der Waals surface area contributed by atoms with E-state index in [-0.39, 0.29) is 27.5 Å². The van der Waals surface area contributed by atoms with Crippen molar-refractivity contribution in [2.24, 2.45) is 0 Å². The molecule has 0 bridgehead atoms. The zero-order valence-corrected chi connectivity index (χ0v) is 18.1. The van der Waals surface area contributed by atoms with E-state index < -0.39 is 33.2 Å². The molecule has 0 heterocycles. The number of ether oxygens (including phenoxy) is 2. The smallest absolute Gasteiger partial charge is 0.341 e. The minimum atomic E-state index is -3.98. The molecule has 10 heteroatoms. The molecule has 0 saturated heterocycles. The van der Waals surface area contributed by atoms with Crippen LogP contribution >= 0.6 is 0 Å². The maximum atomic E-state index is 12.8. The summed E-state index contributed by atoms with van der Waals surface area (Å²) < 4.78 is 37.7. The number of para-hydroxylation sites is 1. The van der Waals surface area contributed by atoms with E-state index in [1.807, 2.05) is 0 Å². The Labute approximate surface area is 175 Å². The Morgan fingerprint density at radius 1 is 1.07 bits per heavy atom. The fraction of sp³-hybridized carbons (Fsp3) is 0.300. The second-order valence-corrected chi connectivity index (χ2v) is 9.02. The highest BCUT2D eigenvalue weighted by molar-refractivity contribution is 7.89. The molecule has 0 radical (unpaired) electrons. The first-order valence-corrected chi connectivity index (χ1v) is 10.3. The first-order chi connectivity index (χ1) is 13.9. The summed E-state index contributed by atoms with van der Waals surface area (Å²) in [6.07, 6.45) is 0. The highest BCUT2D eigenvalue weighted by Crippen LogP contribution is 2.30. The first kappa shape index (κ1) is 23.2. The number of methoxy groups -OCH3 is 2. The van der Waals surface area contributed by atoms with Crippen LogP contribution in [0.2, 0.25) is 0 Å². The Hall–Kier alpha value is -3.11. The molecule has 162 valence electrons. The molecule has 0 unspecified atom stereocenters. The van der Waals surface area contributed by atoms with Crippen molar-refractivity contribution >= 4 is 27.6 Å². The van der Waals surface area contributed by atoms with Crippen LogP contribution in [-0.4, -0.2) is 45.2 Å². The van der Waals surface area contributed by atoms with Crippen molar-refractivity contribution in [1.82, 2.24) is 4.72 Å². The lowest BCUT2D eigenvalue weighted by molar-refractivity contribution is 0.0597. The molecule has 3 N–H and O–H groups in total. The number of hydrogen-bond acceptors (Lipinski definition) is 7. The number of anilines is 1. The van der Waals surface area contributed by atoms with Crippen molar-refractivity contribution in [2.45, 2.75) is 31.2 Å². The van der Waals surface area contributed by atoms with Crippen LogP contribution in [0.1, 0.15) is 41.5 Å². The molecule has 0 aromatic heterocycles. The Balaban J connectivity index is 2.42. The summed E-state index contributed by atoms with van der Waals surface area (Å²) in [5.74, 6) is -1.86. The van der Waals surface area contributed by atoms with Gasteiger partial charge >= 0.3 is 5.97 Å². The number of sulfonamides is 1. The quantitative estimate of drug-likeness (QED) is 0.468. The van der Waals surface area contributed by atoms with E-state index in [0.29, 0.717) is 0 Å². The summed E-state index contributed by atoms with van der Waals surface area (Å²) in [7, 11) is -1.50. The van der Waals surface area contributed by atoms with E-state index in [1.54, 1.807) is 20.8 Å². The summed E-state index contributed by atoms with van der Waals surface area (Å²) in [6.45, 7) is 5.06. The maximum Gasteiger partial charge on any atom is 0.341 e. The third-order valence-corrected chi connectivity index (χ3v) is 5.62. The van der Waals surface area contributed by atoms with Gasteiger partial charge in [-0.05, 0) is 51.1 Å². The molecule has 2 aromatic rings. The van der Waals surface area contributed by atoms with Crippen molar-refractivity contribution in [2.75, 3.05) is 19.5 Å². The zero-order chi connectivity index (χ0) is 22.7. The monoisotopic (exact) mass is 436 g/mol. The number of benzene rings is 2. The number of esters is 1. The van der Waals surface area contributed by atoms with Crippen LogP contribution in [0, 0.1) is 0 Å². The number of aromatic hydroxyl groups is 1. The molecule has 0 atom stereocenters. The number of amides is 1. The van der Waals surface area contributed by atoms with Crippen LogP contribution in [0.15, 0.2) is 41.3 Å². The van der Waals surface area contributed by atoms with Crippen molar-refractivity contribution in [1.29, 1.82) is 0 Å². The molecule has 30 heavy (non-hydrogen) atoms. The second kappa shape index (κ2) is 8.72. The number of phenolic OH excluding ortho intramolecular Hbond substituents is 1. The van der Waals surface area contributed by atoms with Crippen LogP contribution in [-0.2, 0) is 14.8 Å². The largest absolute Gasteiger partial charge is 0.505 e. The van der Waals surface area contributed by atoms with E-state index >= 15 is 0 Å². The molecule has 2 rings (SSSR count). The minimum absolute atomic E-state index is 0.00737. The van der Waals surface area contributed by atoms with Crippen LogP contribution in [0.5, 0.6) is 11.5 Å². The predicted octanol–water partition coefficient (Wildman–Crippen LogP) is 2.52. The fourth-order valence-corrected chi connectivity index (χ4v) is 4.21. The van der Waals surface area contributed by atoms with Gasteiger partial charge in [-0.25, -0.2) is 17.9 Å². The number of nitrogens with one attached hydrogen (secondary N) is 2. The molecule has 0 aliphatic carbocycles. The van der Waals surface area contributed by atoms with Gasteiger partial charge in [0.25, 0.3) is 5.91 Å². The van der Waals surface area contributed by atoms with E-state index in [0.717, 1.165) is 7.11 Å². The SMILES string of the molecule is COC(=O)c1cccc(NC(=O)c2ccc(OC)c(S(=O)(=O)NC(C)(C)C)c2)c1O. The lowest BCUT2D eigenvalue weighted by Crippen LogP contribution is -2.40. The lowest BCUT2D eigenvalue weighted by atomic mass is 10.1. The molecule has 0 aliphatic rings. The molecule has 1 amide bonds. The normalized spacial score (nSPS) is 11.6. The first-order valence-electron chi connectivity index (χ1n) is 8.83. The molecule has 0 spiro atoms. The van der Waals surface area contributed by atoms with Gasteiger partial charge in [0.1, 0.15) is 16.2 Å². The van der Waals surface area contributed by atoms with Crippen molar-refractivity contribution in [3.8, 4) is 11.5 Å². The van der Waals surface area contributed by atoms with Gasteiger partial charge in [0.2, 0.25) is 10.0 Å². The number of carbonyl (C=O) groups excluding carboxylic acids is 2. The van der Waals surface area contributed by atoms with Crippen LogP contribution in [0.3, 0.4) is 0 Å². The molecule has 9 nitrogen and oxygen atoms in total. The maximum absolute atomic E-state index is 12.8. The van der Waals surface area contributed by atoms with Crippen molar-refractivity contribution in [3.63, 3.8) is 0 Å². The van der Waals surface area contributed by atoms with Gasteiger partial charge in [-0.2, -0.15) is 0 Å². The Kier molecular flexibility index (Phi) is 6.73. The van der Waals surface area contributed by atoms with Gasteiger partial charge in [-0.15, -0.1) is 0 Å². The molecule has 0 fully saturated rings. The minimum Gasteiger partial charge on any atom is -0.505 e. The predicted molar refractivity (Wildman–Crippen MR) is 110 cm³/mol. The Morgan fingerprint density at radius 2 is 1.73 bits per heavy atom. The molecule has 0 aliphatic heterocycles. The molecular formula is C20H24N2O7S. The summed E-state index contributed by atoms with van der Waals surface area (Å²) in [6, 6.07) is 8.10. The molecule has 2 aromatic carbocycles. The van der Waals surface area contributed by atoms with Gasteiger partial charge in [0, 0.05) is 11.1 Å². The molecule has 0 saturated carbocycles. The highest BCUT2D eigenvalue weighted by Gasteiger charge is 2.26. The van der Waals surface area contributed by atoms with Gasteiger partial charge in [0.15, 0.2) is 5.75 Å². The third kappa shape index (κ3) is 5.28. The van der Waals surface area contributed by atoms with Crippen LogP contribution in [0.4, 0.5) is 5.69 Å². The van der Waals surface area contributed by atoms with Gasteiger partial charge in [-0.1, -0.05) is 6.07 Å². The zero-order valence-electron chi connectivity index (χ0n) is 17.3. The average molecular weight is 436 g/mol. The van der Waals surface area contributed by atoms with Crippen molar-refractivity contribution < 1.29 is 32.6 Å². The summed E-state index contributed by atoms with van der Waals surface area (Å²) in [5, 5.41) is 12.7. The summed E-state index contributed by atoms with van der Waals surface area (Å²) in [4.78, 5) is 24.2. The van der Waals surface area contributed by atoms with E-state index in [1.165, 1.54) is 43.5 Å².